The van der Waals surface area contributed by atoms with E-state index in [4.69, 9.17) is 0 Å². The van der Waals surface area contributed by atoms with E-state index in [0.717, 1.165) is 25.1 Å². The van der Waals surface area contributed by atoms with Crippen LogP contribution < -0.4 is 10.5 Å². The van der Waals surface area contributed by atoms with E-state index in [9.17, 15) is 4.79 Å². The first-order valence-corrected chi connectivity index (χ1v) is 8.06. The van der Waals surface area contributed by atoms with Gasteiger partial charge in [-0.3, -0.25) is 9.78 Å². The Morgan fingerprint density at radius 3 is 2.68 bits per heavy atom. The first-order chi connectivity index (χ1) is 10.8. The molecule has 1 saturated heterocycles. The smallest absolute Gasteiger partial charge is 0.266 e. The Morgan fingerprint density at radius 2 is 1.91 bits per heavy atom. The van der Waals surface area contributed by atoms with E-state index >= 15 is 0 Å². The molecule has 5 heteroatoms. The third kappa shape index (κ3) is 2.63. The summed E-state index contributed by atoms with van der Waals surface area (Å²) in [6.07, 6.45) is 8.31. The normalized spacial score (nSPS) is 21.3. The van der Waals surface area contributed by atoms with Crippen molar-refractivity contribution in [2.45, 2.75) is 44.2 Å². The van der Waals surface area contributed by atoms with E-state index in [1.165, 1.54) is 18.5 Å². The minimum absolute atomic E-state index is 0.00554. The summed E-state index contributed by atoms with van der Waals surface area (Å²) in [4.78, 5) is 18.6. The summed E-state index contributed by atoms with van der Waals surface area (Å²) in [7, 11) is 0. The van der Waals surface area contributed by atoms with E-state index in [0.29, 0.717) is 18.5 Å². The molecule has 4 rings (SSSR count). The highest BCUT2D eigenvalue weighted by Gasteiger charge is 2.28. The zero-order valence-corrected chi connectivity index (χ0v) is 12.6. The fourth-order valence-corrected chi connectivity index (χ4v) is 3.29. The standard InChI is InChI=1S/C17H20N4O/c22-17-6-5-16(13-3-4-13)19-21(17)12-15-2-1-11-20(15)14-7-9-18-10-8-14/h5-10,13,15H,1-4,11-12H2. The number of nitrogens with zero attached hydrogens (tertiary/aromatic N) is 4. The van der Waals surface area contributed by atoms with Crippen LogP contribution in [-0.2, 0) is 6.54 Å². The maximum Gasteiger partial charge on any atom is 0.266 e. The largest absolute Gasteiger partial charge is 0.367 e. The van der Waals surface area contributed by atoms with Crippen LogP contribution in [0.2, 0.25) is 0 Å². The third-order valence-corrected chi connectivity index (χ3v) is 4.64. The summed E-state index contributed by atoms with van der Waals surface area (Å²) in [5.74, 6) is 0.576. The second-order valence-corrected chi connectivity index (χ2v) is 6.25. The molecule has 2 fully saturated rings. The quantitative estimate of drug-likeness (QED) is 0.868. The Balaban J connectivity index is 1.57. The van der Waals surface area contributed by atoms with Gasteiger partial charge in [0.1, 0.15) is 0 Å². The van der Waals surface area contributed by atoms with E-state index in [2.05, 4.69) is 15.0 Å². The second-order valence-electron chi connectivity index (χ2n) is 6.25. The van der Waals surface area contributed by atoms with Crippen LogP contribution in [0.3, 0.4) is 0 Å². The van der Waals surface area contributed by atoms with E-state index in [1.807, 2.05) is 30.6 Å². The highest BCUT2D eigenvalue weighted by molar-refractivity contribution is 5.46. The molecule has 22 heavy (non-hydrogen) atoms. The Kier molecular flexibility index (Phi) is 3.41. The molecule has 2 aromatic heterocycles. The number of hydrogen-bond donors (Lipinski definition) is 0. The van der Waals surface area contributed by atoms with Crippen molar-refractivity contribution in [2.24, 2.45) is 0 Å². The van der Waals surface area contributed by atoms with Crippen LogP contribution in [0.25, 0.3) is 0 Å². The zero-order chi connectivity index (χ0) is 14.9. The molecule has 0 spiro atoms. The van der Waals surface area contributed by atoms with Gasteiger partial charge in [-0.2, -0.15) is 5.10 Å². The molecule has 2 aromatic rings. The first-order valence-electron chi connectivity index (χ1n) is 8.06. The van der Waals surface area contributed by atoms with Gasteiger partial charge in [-0.05, 0) is 43.9 Å². The highest BCUT2D eigenvalue weighted by atomic mass is 16.1. The number of aromatic nitrogens is 3. The molecule has 3 heterocycles. The minimum Gasteiger partial charge on any atom is -0.367 e. The Bertz CT molecular complexity index is 708. The van der Waals surface area contributed by atoms with Crippen molar-refractivity contribution in [1.29, 1.82) is 0 Å². The molecule has 5 nitrogen and oxygen atoms in total. The van der Waals surface area contributed by atoms with E-state index in [-0.39, 0.29) is 5.56 Å². The van der Waals surface area contributed by atoms with Crippen LogP contribution in [-0.4, -0.2) is 27.4 Å². The van der Waals surface area contributed by atoms with Gasteiger partial charge in [0.05, 0.1) is 12.2 Å². The monoisotopic (exact) mass is 296 g/mol. The van der Waals surface area contributed by atoms with Crippen LogP contribution in [0, 0.1) is 0 Å². The molecular formula is C17H20N4O. The molecule has 0 N–H and O–H groups in total. The summed E-state index contributed by atoms with van der Waals surface area (Å²) >= 11 is 0. The first kappa shape index (κ1) is 13.5. The summed E-state index contributed by atoms with van der Waals surface area (Å²) in [6.45, 7) is 1.70. The van der Waals surface area contributed by atoms with Gasteiger partial charge in [-0.1, -0.05) is 0 Å². The van der Waals surface area contributed by atoms with Crippen molar-refractivity contribution >= 4 is 5.69 Å². The van der Waals surface area contributed by atoms with Crippen LogP contribution >= 0.6 is 0 Å². The lowest BCUT2D eigenvalue weighted by Gasteiger charge is -2.26. The lowest BCUT2D eigenvalue weighted by molar-refractivity contribution is 0.482. The molecule has 0 amide bonds. The zero-order valence-electron chi connectivity index (χ0n) is 12.6. The molecule has 1 unspecified atom stereocenters. The van der Waals surface area contributed by atoms with Crippen LogP contribution in [0.1, 0.15) is 37.3 Å². The van der Waals surface area contributed by atoms with Crippen LogP contribution in [0.5, 0.6) is 0 Å². The molecule has 0 radical (unpaired) electrons. The van der Waals surface area contributed by atoms with Gasteiger partial charge in [-0.25, -0.2) is 4.68 Å². The second kappa shape index (κ2) is 5.55. The van der Waals surface area contributed by atoms with Crippen LogP contribution in [0.4, 0.5) is 5.69 Å². The third-order valence-electron chi connectivity index (χ3n) is 4.64. The highest BCUT2D eigenvalue weighted by Crippen LogP contribution is 2.38. The Morgan fingerprint density at radius 1 is 1.09 bits per heavy atom. The molecule has 0 bridgehead atoms. The lowest BCUT2D eigenvalue weighted by atomic mass is 10.2. The molecule has 1 aliphatic heterocycles. The average Bonchev–Trinajstić information content (AvgIpc) is 3.30. The summed E-state index contributed by atoms with van der Waals surface area (Å²) < 4.78 is 1.66. The van der Waals surface area contributed by atoms with Crippen molar-refractivity contribution in [1.82, 2.24) is 14.8 Å². The fourth-order valence-electron chi connectivity index (χ4n) is 3.29. The molecule has 1 atom stereocenters. The molecule has 2 aliphatic rings. The molecule has 114 valence electrons. The van der Waals surface area contributed by atoms with Crippen molar-refractivity contribution in [3.05, 3.63) is 52.7 Å². The van der Waals surface area contributed by atoms with Crippen molar-refractivity contribution in [3.8, 4) is 0 Å². The van der Waals surface area contributed by atoms with Gasteiger partial charge in [0.25, 0.3) is 5.56 Å². The maximum absolute atomic E-state index is 12.1. The number of pyridine rings is 1. The van der Waals surface area contributed by atoms with Gasteiger partial charge in [0.15, 0.2) is 0 Å². The maximum atomic E-state index is 12.1. The van der Waals surface area contributed by atoms with Gasteiger partial charge in [0, 0.05) is 42.7 Å². The molecule has 1 saturated carbocycles. The van der Waals surface area contributed by atoms with Crippen LogP contribution in [0.15, 0.2) is 41.5 Å². The van der Waals surface area contributed by atoms with E-state index < -0.39 is 0 Å². The van der Waals surface area contributed by atoms with Gasteiger partial charge in [-0.15, -0.1) is 0 Å². The van der Waals surface area contributed by atoms with Gasteiger partial charge < -0.3 is 4.90 Å². The topological polar surface area (TPSA) is 51.0 Å². The Hall–Kier alpha value is -2.17. The predicted octanol–water partition coefficient (Wildman–Crippen LogP) is 2.18. The fraction of sp³-hybridized carbons (Fsp3) is 0.471. The lowest BCUT2D eigenvalue weighted by Crippen LogP contribution is -2.37. The summed E-state index contributed by atoms with van der Waals surface area (Å²) in [5.41, 5.74) is 2.27. The summed E-state index contributed by atoms with van der Waals surface area (Å²) in [6, 6.07) is 7.98. The summed E-state index contributed by atoms with van der Waals surface area (Å²) in [5, 5.41) is 4.59. The minimum atomic E-state index is 0.00554. The number of hydrogen-bond acceptors (Lipinski definition) is 4. The average molecular weight is 296 g/mol. The van der Waals surface area contributed by atoms with Gasteiger partial charge >= 0.3 is 0 Å². The number of anilines is 1. The molecule has 1 aliphatic carbocycles. The Labute approximate surface area is 129 Å². The molecular weight excluding hydrogens is 276 g/mol. The SMILES string of the molecule is O=c1ccc(C2CC2)nn1CC1CCCN1c1ccncc1. The van der Waals surface area contributed by atoms with E-state index in [1.54, 1.807) is 10.7 Å². The van der Waals surface area contributed by atoms with Crippen molar-refractivity contribution in [2.75, 3.05) is 11.4 Å². The molecule has 0 aromatic carbocycles. The van der Waals surface area contributed by atoms with Gasteiger partial charge in [0.2, 0.25) is 0 Å². The predicted molar refractivity (Wildman–Crippen MR) is 85.1 cm³/mol. The van der Waals surface area contributed by atoms with Crippen molar-refractivity contribution in [3.63, 3.8) is 0 Å². The van der Waals surface area contributed by atoms with Crippen molar-refractivity contribution < 1.29 is 0 Å². The number of rotatable bonds is 4.